The van der Waals surface area contributed by atoms with Gasteiger partial charge in [-0.1, -0.05) is 13.8 Å². The van der Waals surface area contributed by atoms with Gasteiger partial charge in [0.25, 0.3) is 0 Å². The van der Waals surface area contributed by atoms with Crippen molar-refractivity contribution in [2.45, 2.75) is 39.5 Å². The van der Waals surface area contributed by atoms with Crippen molar-refractivity contribution >= 4 is 11.8 Å². The summed E-state index contributed by atoms with van der Waals surface area (Å²) >= 11 is 0. The molecule has 2 atom stereocenters. The van der Waals surface area contributed by atoms with Crippen LogP contribution in [-0.2, 0) is 0 Å². The van der Waals surface area contributed by atoms with Gasteiger partial charge in [-0.2, -0.15) is 0 Å². The number of hydrogen-bond acceptors (Lipinski definition) is 5. The molecule has 108 valence electrons. The van der Waals surface area contributed by atoms with Crippen molar-refractivity contribution in [2.24, 2.45) is 10.9 Å². The molecule has 1 aliphatic rings. The second-order valence-corrected chi connectivity index (χ2v) is 5.63. The number of aromatic nitrogens is 1. The largest absolute Gasteiger partial charge is 0.478 e. The summed E-state index contributed by atoms with van der Waals surface area (Å²) in [5, 5.41) is 22.5. The third kappa shape index (κ3) is 2.27. The maximum absolute atomic E-state index is 11.3. The number of aromatic carboxylic acids is 1. The topological polar surface area (TPSA) is 94.8 Å². The Morgan fingerprint density at radius 1 is 1.50 bits per heavy atom. The first kappa shape index (κ1) is 14.5. The van der Waals surface area contributed by atoms with Gasteiger partial charge < -0.3 is 15.5 Å². The van der Waals surface area contributed by atoms with Crippen LogP contribution in [0, 0.1) is 12.8 Å². The van der Waals surface area contributed by atoms with E-state index in [2.05, 4.69) is 15.3 Å². The molecule has 6 nitrogen and oxygen atoms in total. The van der Waals surface area contributed by atoms with Crippen LogP contribution >= 0.6 is 0 Å². The molecule has 0 spiro atoms. The molecule has 0 aromatic carbocycles. The fraction of sp³-hybridized carbons (Fsp3) is 0.500. The molecule has 0 bridgehead atoms. The van der Waals surface area contributed by atoms with Crippen molar-refractivity contribution in [1.29, 1.82) is 0 Å². The molecule has 6 heteroatoms. The maximum atomic E-state index is 11.3. The van der Waals surface area contributed by atoms with Crippen molar-refractivity contribution < 1.29 is 15.0 Å². The van der Waals surface area contributed by atoms with E-state index in [-0.39, 0.29) is 17.2 Å². The fourth-order valence-corrected chi connectivity index (χ4v) is 2.09. The summed E-state index contributed by atoms with van der Waals surface area (Å²) in [6.45, 7) is 7.57. The van der Waals surface area contributed by atoms with Gasteiger partial charge in [-0.3, -0.25) is 4.98 Å². The number of aliphatic hydroxyl groups excluding tert-OH is 1. The lowest BCUT2D eigenvalue weighted by Gasteiger charge is -2.32. The quantitative estimate of drug-likeness (QED) is 0.771. The number of aryl methyl sites for hydroxylation is 1. The maximum Gasteiger partial charge on any atom is 0.338 e. The minimum atomic E-state index is -1.06. The Bertz CT molecular complexity index is 583. The van der Waals surface area contributed by atoms with Crippen molar-refractivity contribution in [1.82, 2.24) is 10.3 Å². The molecule has 0 fully saturated rings. The molecule has 0 aliphatic carbocycles. The number of nitrogens with zero attached hydrogens (tertiary/aromatic N) is 2. The number of aliphatic hydroxyl groups is 1. The number of carboxylic acid groups (broad SMARTS) is 1. The van der Waals surface area contributed by atoms with Crippen LogP contribution in [0.1, 0.15) is 42.4 Å². The lowest BCUT2D eigenvalue weighted by Crippen LogP contribution is -2.52. The molecule has 0 amide bonds. The van der Waals surface area contributed by atoms with Crippen molar-refractivity contribution in [3.05, 3.63) is 29.1 Å². The van der Waals surface area contributed by atoms with Crippen LogP contribution in [0.4, 0.5) is 0 Å². The van der Waals surface area contributed by atoms with Crippen LogP contribution in [0.15, 0.2) is 17.3 Å². The number of nitrogens with one attached hydrogen (secondary N) is 1. The Hall–Kier alpha value is -1.95. The van der Waals surface area contributed by atoms with E-state index >= 15 is 0 Å². The number of pyridine rings is 1. The summed E-state index contributed by atoms with van der Waals surface area (Å²) in [6.07, 6.45) is 0.658. The minimum absolute atomic E-state index is 0.0801. The molecule has 2 rings (SSSR count). The predicted octanol–water partition coefficient (Wildman–Crippen LogP) is 1.17. The molecule has 1 aliphatic heterocycles. The van der Waals surface area contributed by atoms with Gasteiger partial charge in [0.1, 0.15) is 5.69 Å². The molecule has 0 saturated heterocycles. The van der Waals surface area contributed by atoms with Crippen LogP contribution in [-0.4, -0.2) is 38.8 Å². The number of aliphatic imine (C=N–C) groups is 1. The van der Waals surface area contributed by atoms with E-state index in [1.54, 1.807) is 19.2 Å². The normalized spacial score (nSPS) is 25.5. The zero-order valence-corrected chi connectivity index (χ0v) is 12.0. The fourth-order valence-electron chi connectivity index (χ4n) is 2.09. The van der Waals surface area contributed by atoms with Gasteiger partial charge in [0.15, 0.2) is 12.1 Å². The minimum Gasteiger partial charge on any atom is -0.478 e. The van der Waals surface area contributed by atoms with E-state index in [1.807, 2.05) is 20.8 Å². The lowest BCUT2D eigenvalue weighted by atomic mass is 9.87. The second kappa shape index (κ2) is 4.86. The van der Waals surface area contributed by atoms with Crippen LogP contribution in [0.5, 0.6) is 0 Å². The predicted molar refractivity (Wildman–Crippen MR) is 74.9 cm³/mol. The monoisotopic (exact) mass is 277 g/mol. The van der Waals surface area contributed by atoms with Gasteiger partial charge in [-0.05, 0) is 31.4 Å². The summed E-state index contributed by atoms with van der Waals surface area (Å²) in [5.41, 5.74) is 0.470. The van der Waals surface area contributed by atoms with Gasteiger partial charge in [0.05, 0.1) is 11.1 Å². The first-order chi connectivity index (χ1) is 9.25. The average Bonchev–Trinajstić information content (AvgIpc) is 2.66. The Balaban J connectivity index is 2.45. The molecule has 0 radical (unpaired) electrons. The molecular formula is C14H19N3O3. The third-order valence-electron chi connectivity index (χ3n) is 3.85. The van der Waals surface area contributed by atoms with Gasteiger partial charge in [-0.15, -0.1) is 0 Å². The van der Waals surface area contributed by atoms with Crippen molar-refractivity contribution in [3.8, 4) is 0 Å². The van der Waals surface area contributed by atoms with Crippen molar-refractivity contribution in [2.75, 3.05) is 0 Å². The third-order valence-corrected chi connectivity index (χ3v) is 3.85. The molecule has 20 heavy (non-hydrogen) atoms. The van der Waals surface area contributed by atoms with E-state index in [0.29, 0.717) is 5.84 Å². The second-order valence-electron chi connectivity index (χ2n) is 5.63. The Morgan fingerprint density at radius 2 is 2.15 bits per heavy atom. The number of carboxylic acids is 1. The molecule has 0 saturated carbocycles. The van der Waals surface area contributed by atoms with Gasteiger partial charge in [0.2, 0.25) is 0 Å². The molecule has 3 N–H and O–H groups in total. The molecular weight excluding hydrogens is 258 g/mol. The van der Waals surface area contributed by atoms with Crippen LogP contribution in [0.3, 0.4) is 0 Å². The van der Waals surface area contributed by atoms with Gasteiger partial charge in [0, 0.05) is 6.20 Å². The Kier molecular flexibility index (Phi) is 3.52. The van der Waals surface area contributed by atoms with Crippen LogP contribution in [0.2, 0.25) is 0 Å². The molecule has 1 aromatic heterocycles. The van der Waals surface area contributed by atoms with E-state index in [0.717, 1.165) is 5.56 Å². The average molecular weight is 277 g/mol. The highest BCUT2D eigenvalue weighted by molar-refractivity contribution is 6.07. The Labute approximate surface area is 117 Å². The van der Waals surface area contributed by atoms with Gasteiger partial charge in [-0.25, -0.2) is 9.79 Å². The zero-order chi connectivity index (χ0) is 15.1. The van der Waals surface area contributed by atoms with E-state index < -0.39 is 17.7 Å². The molecule has 2 unspecified atom stereocenters. The first-order valence-electron chi connectivity index (χ1n) is 6.50. The van der Waals surface area contributed by atoms with E-state index in [4.69, 9.17) is 0 Å². The number of hydrogen-bond donors (Lipinski definition) is 3. The summed E-state index contributed by atoms with van der Waals surface area (Å²) in [7, 11) is 0. The first-order valence-corrected chi connectivity index (χ1v) is 6.50. The SMILES string of the molecule is Cc1cnc(C2=NC(O)C(C)(C(C)C)N2)c(C(=O)O)c1. The summed E-state index contributed by atoms with van der Waals surface area (Å²) in [6, 6.07) is 1.55. The van der Waals surface area contributed by atoms with E-state index in [9.17, 15) is 15.0 Å². The van der Waals surface area contributed by atoms with Crippen LogP contribution in [0.25, 0.3) is 0 Å². The standard InChI is InChI=1S/C14H19N3O3/c1-7(2)14(4)13(20)16-11(17-14)10-9(12(18)19)5-8(3)6-15-10/h5-7,13,20H,1-4H3,(H,16,17)(H,18,19). The molecule has 2 heterocycles. The zero-order valence-electron chi connectivity index (χ0n) is 12.0. The van der Waals surface area contributed by atoms with E-state index in [1.165, 1.54) is 0 Å². The molecule has 1 aromatic rings. The smallest absolute Gasteiger partial charge is 0.338 e. The summed E-state index contributed by atoms with van der Waals surface area (Å²) < 4.78 is 0. The summed E-state index contributed by atoms with van der Waals surface area (Å²) in [4.78, 5) is 19.6. The number of rotatable bonds is 3. The number of amidine groups is 1. The summed E-state index contributed by atoms with van der Waals surface area (Å²) in [5.74, 6) is -0.614. The lowest BCUT2D eigenvalue weighted by molar-refractivity contribution is 0.0696. The highest BCUT2D eigenvalue weighted by atomic mass is 16.4. The highest BCUT2D eigenvalue weighted by Crippen LogP contribution is 2.28. The number of carbonyl (C=O) groups is 1. The highest BCUT2D eigenvalue weighted by Gasteiger charge is 2.42. The van der Waals surface area contributed by atoms with Crippen LogP contribution < -0.4 is 5.32 Å². The Morgan fingerprint density at radius 3 is 2.65 bits per heavy atom. The van der Waals surface area contributed by atoms with Crippen molar-refractivity contribution in [3.63, 3.8) is 0 Å². The van der Waals surface area contributed by atoms with Gasteiger partial charge >= 0.3 is 5.97 Å².